The normalized spacial score (nSPS) is 19.0. The van der Waals surface area contributed by atoms with Crippen LogP contribution in [0.2, 0.25) is 0 Å². The summed E-state index contributed by atoms with van der Waals surface area (Å²) in [6.07, 6.45) is 6.01. The number of aromatic nitrogens is 2. The van der Waals surface area contributed by atoms with E-state index in [9.17, 15) is 4.79 Å². The molecule has 5 heteroatoms. The van der Waals surface area contributed by atoms with Crippen molar-refractivity contribution in [1.82, 2.24) is 19.6 Å². The Kier molecular flexibility index (Phi) is 5.00. The molecule has 0 spiro atoms. The molecule has 2 atom stereocenters. The van der Waals surface area contributed by atoms with E-state index in [0.29, 0.717) is 0 Å². The minimum Gasteiger partial charge on any atom is -0.336 e. The molecule has 1 fully saturated rings. The standard InChI is InChI=1S/C19H26N4O/c1-15-12-20-22(13-15)14-17-10-7-11-23(17)19(24)18(21(2)3)16-8-5-4-6-9-16/h4-6,8-9,12-13,17-18H,7,10-11,14H2,1-3H3/t17-,18+/m1/s1. The first-order valence-electron chi connectivity index (χ1n) is 8.57. The fourth-order valence-electron chi connectivity index (χ4n) is 3.55. The molecule has 1 aromatic heterocycles. The van der Waals surface area contributed by atoms with Crippen LogP contribution >= 0.6 is 0 Å². The van der Waals surface area contributed by atoms with Crippen molar-refractivity contribution >= 4 is 5.91 Å². The second-order valence-corrected chi connectivity index (χ2v) is 6.84. The van der Waals surface area contributed by atoms with Crippen LogP contribution < -0.4 is 0 Å². The smallest absolute Gasteiger partial charge is 0.244 e. The van der Waals surface area contributed by atoms with Crippen LogP contribution in [0, 0.1) is 6.92 Å². The average Bonchev–Trinajstić information content (AvgIpc) is 3.17. The molecule has 0 aliphatic carbocycles. The zero-order valence-corrected chi connectivity index (χ0v) is 14.7. The predicted molar refractivity (Wildman–Crippen MR) is 94.6 cm³/mol. The third kappa shape index (κ3) is 3.51. The fourth-order valence-corrected chi connectivity index (χ4v) is 3.55. The number of likely N-dealkylation sites (tertiary alicyclic amines) is 1. The van der Waals surface area contributed by atoms with Crippen LogP contribution in [-0.4, -0.2) is 52.2 Å². The van der Waals surface area contributed by atoms with Gasteiger partial charge in [-0.2, -0.15) is 5.10 Å². The summed E-state index contributed by atoms with van der Waals surface area (Å²) < 4.78 is 1.96. The van der Waals surface area contributed by atoms with Gasteiger partial charge in [-0.3, -0.25) is 14.4 Å². The molecule has 128 valence electrons. The lowest BCUT2D eigenvalue weighted by Gasteiger charge is -2.32. The molecule has 1 aliphatic rings. The summed E-state index contributed by atoms with van der Waals surface area (Å²) in [6, 6.07) is 10.0. The first-order chi connectivity index (χ1) is 11.6. The number of benzene rings is 1. The summed E-state index contributed by atoms with van der Waals surface area (Å²) in [4.78, 5) is 17.3. The molecule has 1 saturated heterocycles. The monoisotopic (exact) mass is 326 g/mol. The van der Waals surface area contributed by atoms with Gasteiger partial charge in [-0.15, -0.1) is 0 Å². The average molecular weight is 326 g/mol. The Morgan fingerprint density at radius 2 is 2.08 bits per heavy atom. The van der Waals surface area contributed by atoms with Crippen LogP contribution in [0.5, 0.6) is 0 Å². The molecule has 0 bridgehead atoms. The highest BCUT2D eigenvalue weighted by Gasteiger charge is 2.35. The maximum atomic E-state index is 13.2. The molecular weight excluding hydrogens is 300 g/mol. The highest BCUT2D eigenvalue weighted by Crippen LogP contribution is 2.27. The van der Waals surface area contributed by atoms with E-state index in [-0.39, 0.29) is 18.0 Å². The third-order valence-electron chi connectivity index (χ3n) is 4.69. The van der Waals surface area contributed by atoms with Gasteiger partial charge in [0.15, 0.2) is 0 Å². The third-order valence-corrected chi connectivity index (χ3v) is 4.69. The molecule has 1 aromatic carbocycles. The number of carbonyl (C=O) groups is 1. The van der Waals surface area contributed by atoms with Gasteiger partial charge < -0.3 is 4.90 Å². The van der Waals surface area contributed by atoms with E-state index in [4.69, 9.17) is 0 Å². The van der Waals surface area contributed by atoms with E-state index in [0.717, 1.165) is 37.1 Å². The van der Waals surface area contributed by atoms with Crippen molar-refractivity contribution < 1.29 is 4.79 Å². The van der Waals surface area contributed by atoms with Crippen molar-refractivity contribution in [1.29, 1.82) is 0 Å². The number of hydrogen-bond donors (Lipinski definition) is 0. The molecule has 0 unspecified atom stereocenters. The molecule has 3 rings (SSSR count). The van der Waals surface area contributed by atoms with E-state index >= 15 is 0 Å². The first-order valence-corrected chi connectivity index (χ1v) is 8.57. The lowest BCUT2D eigenvalue weighted by molar-refractivity contribution is -0.137. The van der Waals surface area contributed by atoms with Gasteiger partial charge in [0.25, 0.3) is 0 Å². The number of hydrogen-bond acceptors (Lipinski definition) is 3. The molecule has 2 aromatic rings. The second kappa shape index (κ2) is 7.18. The Labute approximate surface area is 143 Å². The molecule has 5 nitrogen and oxygen atoms in total. The van der Waals surface area contributed by atoms with Crippen LogP contribution in [0.25, 0.3) is 0 Å². The molecule has 2 heterocycles. The Hall–Kier alpha value is -2.14. The van der Waals surface area contributed by atoms with Crippen molar-refractivity contribution in [2.75, 3.05) is 20.6 Å². The van der Waals surface area contributed by atoms with Gasteiger partial charge >= 0.3 is 0 Å². The van der Waals surface area contributed by atoms with E-state index in [1.54, 1.807) is 0 Å². The molecule has 0 N–H and O–H groups in total. The van der Waals surface area contributed by atoms with E-state index < -0.39 is 0 Å². The van der Waals surface area contributed by atoms with Gasteiger partial charge in [0, 0.05) is 12.7 Å². The lowest BCUT2D eigenvalue weighted by Crippen LogP contribution is -2.44. The summed E-state index contributed by atoms with van der Waals surface area (Å²) in [7, 11) is 3.94. The number of amides is 1. The lowest BCUT2D eigenvalue weighted by atomic mass is 10.0. The maximum Gasteiger partial charge on any atom is 0.244 e. The largest absolute Gasteiger partial charge is 0.336 e. The summed E-state index contributed by atoms with van der Waals surface area (Å²) in [5.74, 6) is 0.192. The Bertz CT molecular complexity index is 680. The second-order valence-electron chi connectivity index (χ2n) is 6.84. The number of carbonyl (C=O) groups excluding carboxylic acids is 1. The van der Waals surface area contributed by atoms with Gasteiger partial charge in [-0.1, -0.05) is 30.3 Å². The van der Waals surface area contributed by atoms with Gasteiger partial charge in [0.1, 0.15) is 6.04 Å². The Balaban J connectivity index is 1.78. The summed E-state index contributed by atoms with van der Waals surface area (Å²) in [5.41, 5.74) is 2.20. The van der Waals surface area contributed by atoms with E-state index in [1.807, 2.05) is 73.3 Å². The van der Waals surface area contributed by atoms with E-state index in [2.05, 4.69) is 10.00 Å². The van der Waals surface area contributed by atoms with Crippen molar-refractivity contribution in [2.24, 2.45) is 0 Å². The molecule has 1 amide bonds. The van der Waals surface area contributed by atoms with Crippen LogP contribution in [0.4, 0.5) is 0 Å². The van der Waals surface area contributed by atoms with Gasteiger partial charge in [0.2, 0.25) is 5.91 Å². The Morgan fingerprint density at radius 1 is 1.33 bits per heavy atom. The molecule has 1 aliphatic heterocycles. The fraction of sp³-hybridized carbons (Fsp3) is 0.474. The SMILES string of the molecule is Cc1cnn(C[C@H]2CCCN2C(=O)[C@H](c2ccccc2)N(C)C)c1. The van der Waals surface area contributed by atoms with Gasteiger partial charge in [-0.05, 0) is 45.0 Å². The maximum absolute atomic E-state index is 13.2. The molecular formula is C19H26N4O. The first kappa shape index (κ1) is 16.7. The van der Waals surface area contributed by atoms with Crippen LogP contribution in [0.1, 0.15) is 30.0 Å². The highest BCUT2D eigenvalue weighted by atomic mass is 16.2. The van der Waals surface area contributed by atoms with Gasteiger partial charge in [0.05, 0.1) is 18.8 Å². The van der Waals surface area contributed by atoms with Crippen molar-refractivity contribution in [3.05, 3.63) is 53.9 Å². The van der Waals surface area contributed by atoms with Crippen LogP contribution in [0.3, 0.4) is 0 Å². The van der Waals surface area contributed by atoms with Crippen LogP contribution in [-0.2, 0) is 11.3 Å². The molecule has 0 radical (unpaired) electrons. The predicted octanol–water partition coefficient (Wildman–Crippen LogP) is 2.49. The molecule has 24 heavy (non-hydrogen) atoms. The number of nitrogens with zero attached hydrogens (tertiary/aromatic N) is 4. The van der Waals surface area contributed by atoms with Crippen molar-refractivity contribution in [2.45, 2.75) is 38.4 Å². The summed E-state index contributed by atoms with van der Waals surface area (Å²) >= 11 is 0. The minimum atomic E-state index is -0.230. The van der Waals surface area contributed by atoms with E-state index in [1.165, 1.54) is 0 Å². The zero-order valence-electron chi connectivity index (χ0n) is 14.7. The van der Waals surface area contributed by atoms with Crippen molar-refractivity contribution in [3.8, 4) is 0 Å². The Morgan fingerprint density at radius 3 is 2.71 bits per heavy atom. The zero-order chi connectivity index (χ0) is 17.1. The number of aryl methyl sites for hydroxylation is 1. The minimum absolute atomic E-state index is 0.192. The summed E-state index contributed by atoms with van der Waals surface area (Å²) in [6.45, 7) is 3.65. The number of likely N-dealkylation sites (N-methyl/N-ethyl adjacent to an activating group) is 1. The van der Waals surface area contributed by atoms with Crippen molar-refractivity contribution in [3.63, 3.8) is 0 Å². The van der Waals surface area contributed by atoms with Crippen LogP contribution in [0.15, 0.2) is 42.7 Å². The quantitative estimate of drug-likeness (QED) is 0.848. The highest BCUT2D eigenvalue weighted by molar-refractivity contribution is 5.83. The van der Waals surface area contributed by atoms with Gasteiger partial charge in [-0.25, -0.2) is 0 Å². The topological polar surface area (TPSA) is 41.4 Å². The summed E-state index contributed by atoms with van der Waals surface area (Å²) in [5, 5.41) is 4.38. The molecule has 0 saturated carbocycles. The number of rotatable bonds is 5.